The number of carbonyl (C=O) groups is 2. The number of benzene rings is 2. The molecule has 0 aliphatic rings. The molecule has 0 fully saturated rings. The molecule has 2 N–H and O–H groups in total. The average molecular weight is 455 g/mol. The Morgan fingerprint density at radius 2 is 1.70 bits per heavy atom. The van der Waals surface area contributed by atoms with Gasteiger partial charge in [0, 0.05) is 16.8 Å². The van der Waals surface area contributed by atoms with Crippen molar-refractivity contribution in [2.45, 2.75) is 18.6 Å². The number of sulfone groups is 1. The van der Waals surface area contributed by atoms with E-state index in [1.165, 1.54) is 20.3 Å². The van der Waals surface area contributed by atoms with Crippen LogP contribution in [-0.2, 0) is 19.4 Å². The van der Waals surface area contributed by atoms with Crippen molar-refractivity contribution >= 4 is 44.6 Å². The molecule has 162 valence electrons. The first-order valence-electron chi connectivity index (χ1n) is 9.00. The van der Waals surface area contributed by atoms with E-state index in [9.17, 15) is 18.0 Å². The summed E-state index contributed by atoms with van der Waals surface area (Å²) in [6.45, 7) is 1.56. The lowest BCUT2D eigenvalue weighted by Gasteiger charge is -2.17. The van der Waals surface area contributed by atoms with Crippen LogP contribution in [0.25, 0.3) is 0 Å². The molecule has 0 aromatic heterocycles. The van der Waals surface area contributed by atoms with Gasteiger partial charge in [-0.3, -0.25) is 9.59 Å². The lowest BCUT2D eigenvalue weighted by Crippen LogP contribution is -2.39. The summed E-state index contributed by atoms with van der Waals surface area (Å²) in [7, 11) is -1.19. The quantitative estimate of drug-likeness (QED) is 0.602. The molecule has 2 aromatic carbocycles. The molecule has 10 heteroatoms. The van der Waals surface area contributed by atoms with Crippen LogP contribution >= 0.6 is 11.6 Å². The van der Waals surface area contributed by atoms with Gasteiger partial charge in [0.15, 0.2) is 9.84 Å². The highest BCUT2D eigenvalue weighted by atomic mass is 35.5. The van der Waals surface area contributed by atoms with Crippen LogP contribution in [-0.4, -0.2) is 45.5 Å². The maximum atomic E-state index is 12.7. The van der Waals surface area contributed by atoms with Crippen molar-refractivity contribution < 1.29 is 27.5 Å². The topological polar surface area (TPSA) is 111 Å². The number of methoxy groups -OCH3 is 2. The molecule has 0 aliphatic carbocycles. The molecular formula is C20H23ClN2O6S. The Morgan fingerprint density at radius 3 is 2.27 bits per heavy atom. The minimum absolute atomic E-state index is 0.00528. The zero-order chi connectivity index (χ0) is 22.3. The average Bonchev–Trinajstić information content (AvgIpc) is 2.69. The van der Waals surface area contributed by atoms with Gasteiger partial charge in [0.05, 0.1) is 19.9 Å². The molecule has 0 bridgehead atoms. The van der Waals surface area contributed by atoms with E-state index in [-0.39, 0.29) is 12.1 Å². The minimum Gasteiger partial charge on any atom is -0.497 e. The third-order valence-corrected chi connectivity index (χ3v) is 6.55. The molecule has 1 atom stereocenters. The van der Waals surface area contributed by atoms with Gasteiger partial charge >= 0.3 is 0 Å². The van der Waals surface area contributed by atoms with Crippen molar-refractivity contribution in [3.05, 3.63) is 47.5 Å². The van der Waals surface area contributed by atoms with E-state index in [1.54, 1.807) is 43.3 Å². The molecule has 0 radical (unpaired) electrons. The zero-order valence-corrected chi connectivity index (χ0v) is 18.3. The summed E-state index contributed by atoms with van der Waals surface area (Å²) in [5, 5.41) is 4.10. The normalized spacial score (nSPS) is 12.0. The van der Waals surface area contributed by atoms with Crippen LogP contribution < -0.4 is 20.1 Å². The number of rotatable bonds is 9. The highest BCUT2D eigenvalue weighted by Gasteiger charge is 2.33. The maximum absolute atomic E-state index is 12.7. The molecule has 2 rings (SSSR count). The summed E-state index contributed by atoms with van der Waals surface area (Å²) in [6, 6.07) is 11.0. The predicted octanol–water partition coefficient (Wildman–Crippen LogP) is 3.13. The van der Waals surface area contributed by atoms with Gasteiger partial charge in [-0.15, -0.1) is 0 Å². The highest BCUT2D eigenvalue weighted by molar-refractivity contribution is 7.93. The molecule has 8 nitrogen and oxygen atoms in total. The molecule has 0 aliphatic heterocycles. The largest absolute Gasteiger partial charge is 0.497 e. The van der Waals surface area contributed by atoms with E-state index in [2.05, 4.69) is 10.6 Å². The Morgan fingerprint density at radius 1 is 1.03 bits per heavy atom. The minimum atomic E-state index is -4.08. The Kier molecular flexibility index (Phi) is 8.08. The van der Waals surface area contributed by atoms with Crippen molar-refractivity contribution in [2.24, 2.45) is 0 Å². The summed E-state index contributed by atoms with van der Waals surface area (Å²) in [5.74, 6) is -1.54. The second kappa shape index (κ2) is 10.3. The number of halogens is 1. The van der Waals surface area contributed by atoms with Crippen LogP contribution in [0.4, 0.5) is 11.4 Å². The van der Waals surface area contributed by atoms with E-state index in [4.69, 9.17) is 21.1 Å². The van der Waals surface area contributed by atoms with E-state index in [1.807, 2.05) is 0 Å². The van der Waals surface area contributed by atoms with Crippen molar-refractivity contribution in [3.63, 3.8) is 0 Å². The van der Waals surface area contributed by atoms with Crippen LogP contribution in [0.1, 0.15) is 13.3 Å². The third-order valence-electron chi connectivity index (χ3n) is 4.22. The Bertz CT molecular complexity index is 1010. The maximum Gasteiger partial charge on any atom is 0.242 e. The Balaban J connectivity index is 2.13. The number of hydrogen-bond acceptors (Lipinski definition) is 6. The second-order valence-electron chi connectivity index (χ2n) is 6.31. The van der Waals surface area contributed by atoms with Gasteiger partial charge in [0.1, 0.15) is 22.5 Å². The van der Waals surface area contributed by atoms with Crippen LogP contribution in [0.15, 0.2) is 42.5 Å². The molecule has 0 saturated carbocycles. The van der Waals surface area contributed by atoms with Crippen LogP contribution in [0.3, 0.4) is 0 Å². The molecular weight excluding hydrogens is 432 g/mol. The van der Waals surface area contributed by atoms with Gasteiger partial charge in [0.25, 0.3) is 0 Å². The molecule has 1 unspecified atom stereocenters. The third kappa shape index (κ3) is 6.11. The van der Waals surface area contributed by atoms with Gasteiger partial charge in [-0.05, 0) is 42.8 Å². The number of amides is 2. The number of nitrogens with one attached hydrogen (secondary N) is 2. The van der Waals surface area contributed by atoms with Gasteiger partial charge < -0.3 is 20.1 Å². The van der Waals surface area contributed by atoms with Gasteiger partial charge in [-0.25, -0.2) is 8.42 Å². The van der Waals surface area contributed by atoms with Crippen molar-refractivity contribution in [1.82, 2.24) is 0 Å². The van der Waals surface area contributed by atoms with Gasteiger partial charge in [-0.1, -0.05) is 18.5 Å². The van der Waals surface area contributed by atoms with E-state index in [0.717, 1.165) is 0 Å². The SMILES string of the molecule is CCC(C(=O)Nc1cc(OC)ccc1OC)S(=O)(=O)CC(=O)Nc1ccc(Cl)cc1. The number of anilines is 2. The van der Waals surface area contributed by atoms with E-state index < -0.39 is 32.7 Å². The standard InChI is InChI=1S/C20H23ClN2O6S/c1-4-18(20(25)23-16-11-15(28-2)9-10-17(16)29-3)30(26,27)12-19(24)22-14-7-5-13(21)6-8-14/h5-11,18H,4,12H2,1-3H3,(H,22,24)(H,23,25). The molecule has 2 amide bonds. The predicted molar refractivity (Wildman–Crippen MR) is 116 cm³/mol. The Hall–Kier alpha value is -2.78. The number of ether oxygens (including phenoxy) is 2. The number of carbonyl (C=O) groups excluding carboxylic acids is 2. The molecule has 2 aromatic rings. The number of hydrogen-bond donors (Lipinski definition) is 2. The van der Waals surface area contributed by atoms with Crippen LogP contribution in [0.2, 0.25) is 5.02 Å². The van der Waals surface area contributed by atoms with Crippen LogP contribution in [0.5, 0.6) is 11.5 Å². The summed E-state index contributed by atoms with van der Waals surface area (Å²) in [6.07, 6.45) is -0.00528. The first-order chi connectivity index (χ1) is 14.2. The first kappa shape index (κ1) is 23.5. The summed E-state index contributed by atoms with van der Waals surface area (Å²) in [4.78, 5) is 24.9. The first-order valence-corrected chi connectivity index (χ1v) is 11.1. The molecule has 30 heavy (non-hydrogen) atoms. The fourth-order valence-electron chi connectivity index (χ4n) is 2.74. The lowest BCUT2D eigenvalue weighted by atomic mass is 10.2. The fraction of sp³-hybridized carbons (Fsp3) is 0.300. The zero-order valence-electron chi connectivity index (χ0n) is 16.8. The van der Waals surface area contributed by atoms with Crippen molar-refractivity contribution in [2.75, 3.05) is 30.6 Å². The second-order valence-corrected chi connectivity index (χ2v) is 8.93. The molecule has 0 saturated heterocycles. The summed E-state index contributed by atoms with van der Waals surface area (Å²) in [5.41, 5.74) is 0.666. The molecule has 0 heterocycles. The summed E-state index contributed by atoms with van der Waals surface area (Å²) < 4.78 is 35.8. The smallest absolute Gasteiger partial charge is 0.242 e. The summed E-state index contributed by atoms with van der Waals surface area (Å²) >= 11 is 5.79. The lowest BCUT2D eigenvalue weighted by molar-refractivity contribution is -0.115. The molecule has 0 spiro atoms. The monoisotopic (exact) mass is 454 g/mol. The highest BCUT2D eigenvalue weighted by Crippen LogP contribution is 2.29. The van der Waals surface area contributed by atoms with Crippen molar-refractivity contribution in [1.29, 1.82) is 0 Å². The van der Waals surface area contributed by atoms with E-state index >= 15 is 0 Å². The van der Waals surface area contributed by atoms with Gasteiger partial charge in [0.2, 0.25) is 11.8 Å². The van der Waals surface area contributed by atoms with Crippen molar-refractivity contribution in [3.8, 4) is 11.5 Å². The van der Waals surface area contributed by atoms with Gasteiger partial charge in [-0.2, -0.15) is 0 Å². The fourth-order valence-corrected chi connectivity index (χ4v) is 4.40. The Labute approximate surface area is 180 Å². The van der Waals surface area contributed by atoms with Crippen LogP contribution in [0, 0.1) is 0 Å². The van der Waals surface area contributed by atoms with E-state index in [0.29, 0.717) is 22.2 Å².